The zero-order valence-electron chi connectivity index (χ0n) is 15.6. The number of imide groups is 1. The van der Waals surface area contributed by atoms with E-state index in [9.17, 15) is 9.59 Å². The molecule has 0 saturated carbocycles. The second-order valence-corrected chi connectivity index (χ2v) is 8.43. The Bertz CT molecular complexity index is 1050. The van der Waals surface area contributed by atoms with Crippen molar-refractivity contribution in [3.63, 3.8) is 0 Å². The number of nitrogens with zero attached hydrogens (tertiary/aromatic N) is 2. The summed E-state index contributed by atoms with van der Waals surface area (Å²) in [4.78, 5) is 27.6. The van der Waals surface area contributed by atoms with Crippen molar-refractivity contribution in [2.75, 3.05) is 12.9 Å². The minimum Gasteiger partial charge on any atom is -0.497 e. The Hall–Kier alpha value is -3.00. The van der Waals surface area contributed by atoms with Crippen LogP contribution >= 0.6 is 0 Å². The van der Waals surface area contributed by atoms with Gasteiger partial charge in [0.25, 0.3) is 5.91 Å². The molecular formula is C20H20N3O4S+. The molecule has 1 unspecified atom stereocenters. The number of amides is 2. The van der Waals surface area contributed by atoms with Gasteiger partial charge in [0, 0.05) is 18.7 Å². The number of carbonyl (C=O) groups is 2. The average Bonchev–Trinajstić information content (AvgIpc) is 3.19. The summed E-state index contributed by atoms with van der Waals surface area (Å²) in [5.74, 6) is 3.00. The summed E-state index contributed by atoms with van der Waals surface area (Å²) >= 11 is 0. The maximum Gasteiger partial charge on any atom is 0.436 e. The van der Waals surface area contributed by atoms with E-state index in [0.29, 0.717) is 12.4 Å². The number of nitrogens with one attached hydrogen (secondary N) is 1. The molecule has 2 amide bonds. The number of methoxy groups -OCH3 is 1. The molecule has 7 nitrogen and oxygen atoms in total. The van der Waals surface area contributed by atoms with Gasteiger partial charge in [-0.1, -0.05) is 12.1 Å². The van der Waals surface area contributed by atoms with Gasteiger partial charge in [-0.05, 0) is 24.3 Å². The molecule has 1 aliphatic heterocycles. The molecule has 0 radical (unpaired) electrons. The highest BCUT2D eigenvalue weighted by Crippen LogP contribution is 2.22. The van der Waals surface area contributed by atoms with E-state index in [0.717, 1.165) is 33.9 Å². The van der Waals surface area contributed by atoms with Crippen LogP contribution in [0.4, 0.5) is 4.79 Å². The summed E-state index contributed by atoms with van der Waals surface area (Å²) in [6, 6.07) is 13.4. The van der Waals surface area contributed by atoms with E-state index in [1.807, 2.05) is 54.1 Å². The van der Waals surface area contributed by atoms with Crippen molar-refractivity contribution in [3.05, 3.63) is 53.9 Å². The van der Waals surface area contributed by atoms with Crippen LogP contribution in [0.25, 0.3) is 11.0 Å². The van der Waals surface area contributed by atoms with E-state index in [1.54, 1.807) is 7.11 Å². The van der Waals surface area contributed by atoms with Gasteiger partial charge in [0.15, 0.2) is 5.75 Å². The predicted octanol–water partition coefficient (Wildman–Crippen LogP) is 2.53. The van der Waals surface area contributed by atoms with Crippen LogP contribution in [0.3, 0.4) is 0 Å². The van der Waals surface area contributed by atoms with Crippen LogP contribution in [0.15, 0.2) is 42.5 Å². The molecule has 2 heterocycles. The summed E-state index contributed by atoms with van der Waals surface area (Å²) in [6.45, 7) is 0.341. The second-order valence-electron chi connectivity index (χ2n) is 6.49. The van der Waals surface area contributed by atoms with Crippen LogP contribution in [-0.4, -0.2) is 33.6 Å². The van der Waals surface area contributed by atoms with E-state index >= 15 is 0 Å². The standard InChI is InChI=1S/C20H19N3O4S/c1-23-17-9-15(26-2)7-8-16(17)21-18(23)10-27-14-5-3-13(4-6-14)11-28-12-19(24)22-20(28)25/h3-9H,10-12H2,1-2H3/p+1. The third-order valence-electron chi connectivity index (χ3n) is 4.62. The number of aromatic nitrogens is 2. The molecule has 144 valence electrons. The number of benzene rings is 2. The van der Waals surface area contributed by atoms with Crippen molar-refractivity contribution in [3.8, 4) is 11.5 Å². The lowest BCUT2D eigenvalue weighted by molar-refractivity contribution is -0.117. The Balaban J connectivity index is 1.41. The lowest BCUT2D eigenvalue weighted by atomic mass is 10.2. The second kappa shape index (κ2) is 7.55. The number of hydrogen-bond donors (Lipinski definition) is 1. The largest absolute Gasteiger partial charge is 0.497 e. The van der Waals surface area contributed by atoms with Crippen LogP contribution in [-0.2, 0) is 35.1 Å². The highest BCUT2D eigenvalue weighted by Gasteiger charge is 2.40. The molecule has 1 aliphatic rings. The molecule has 3 aromatic rings. The van der Waals surface area contributed by atoms with Crippen LogP contribution in [0.5, 0.6) is 11.5 Å². The Morgan fingerprint density at radius 3 is 2.57 bits per heavy atom. The molecule has 2 aromatic carbocycles. The summed E-state index contributed by atoms with van der Waals surface area (Å²) in [6.07, 6.45) is 0. The van der Waals surface area contributed by atoms with Crippen molar-refractivity contribution in [1.82, 2.24) is 14.9 Å². The topological polar surface area (TPSA) is 82.5 Å². The minimum atomic E-state index is -0.572. The van der Waals surface area contributed by atoms with Crippen LogP contribution in [0, 0.1) is 0 Å². The Kier molecular flexibility index (Phi) is 4.95. The quantitative estimate of drug-likeness (QED) is 0.645. The molecule has 28 heavy (non-hydrogen) atoms. The highest BCUT2D eigenvalue weighted by molar-refractivity contribution is 8.11. The van der Waals surface area contributed by atoms with E-state index in [-0.39, 0.29) is 16.9 Å². The van der Waals surface area contributed by atoms with Crippen LogP contribution in [0.1, 0.15) is 11.4 Å². The highest BCUT2D eigenvalue weighted by atomic mass is 32.2. The number of aryl methyl sites for hydroxylation is 1. The Morgan fingerprint density at radius 1 is 1.14 bits per heavy atom. The van der Waals surface area contributed by atoms with Crippen molar-refractivity contribution in [1.29, 1.82) is 0 Å². The molecule has 1 saturated heterocycles. The maximum absolute atomic E-state index is 11.7. The van der Waals surface area contributed by atoms with Gasteiger partial charge in [-0.15, -0.1) is 0 Å². The number of rotatable bonds is 6. The van der Waals surface area contributed by atoms with Crippen molar-refractivity contribution in [2.24, 2.45) is 7.05 Å². The van der Waals surface area contributed by atoms with Crippen molar-refractivity contribution >= 4 is 33.1 Å². The van der Waals surface area contributed by atoms with Gasteiger partial charge in [-0.25, -0.2) is 15.1 Å². The van der Waals surface area contributed by atoms with E-state index in [2.05, 4.69) is 10.3 Å². The zero-order valence-corrected chi connectivity index (χ0v) is 16.4. The van der Waals surface area contributed by atoms with Gasteiger partial charge in [0.05, 0.1) is 29.0 Å². The Morgan fingerprint density at radius 2 is 1.89 bits per heavy atom. The summed E-state index contributed by atoms with van der Waals surface area (Å²) < 4.78 is 13.1. The molecule has 1 aromatic heterocycles. The third-order valence-corrected chi connectivity index (χ3v) is 6.54. The molecule has 0 spiro atoms. The van der Waals surface area contributed by atoms with Gasteiger partial charge in [0.1, 0.15) is 29.7 Å². The summed E-state index contributed by atoms with van der Waals surface area (Å²) in [5, 5.41) is 2.19. The van der Waals surface area contributed by atoms with Gasteiger partial charge in [-0.3, -0.25) is 4.79 Å². The van der Waals surface area contributed by atoms with Crippen molar-refractivity contribution < 1.29 is 19.1 Å². The molecule has 4 rings (SSSR count). The van der Waals surface area contributed by atoms with E-state index in [1.165, 1.54) is 0 Å². The Labute approximate surface area is 165 Å². The number of fused-ring (bicyclic) bond motifs is 1. The average molecular weight is 398 g/mol. The first-order valence-electron chi connectivity index (χ1n) is 8.76. The molecule has 8 heteroatoms. The monoisotopic (exact) mass is 398 g/mol. The number of imidazole rings is 1. The molecule has 0 aliphatic carbocycles. The van der Waals surface area contributed by atoms with Gasteiger partial charge in [0.2, 0.25) is 0 Å². The number of hydrogen-bond acceptors (Lipinski definition) is 5. The first-order chi connectivity index (χ1) is 13.5. The summed E-state index contributed by atoms with van der Waals surface area (Å²) in [5.41, 5.74) is 2.89. The first-order valence-corrected chi connectivity index (χ1v) is 10.3. The smallest absolute Gasteiger partial charge is 0.436 e. The fraction of sp³-hybridized carbons (Fsp3) is 0.250. The van der Waals surface area contributed by atoms with Crippen molar-refractivity contribution in [2.45, 2.75) is 12.4 Å². The lowest BCUT2D eigenvalue weighted by Gasteiger charge is -2.07. The van der Waals surface area contributed by atoms with Crippen LogP contribution in [0.2, 0.25) is 0 Å². The van der Waals surface area contributed by atoms with Gasteiger partial charge in [-0.2, -0.15) is 0 Å². The molecule has 0 bridgehead atoms. The number of carbonyl (C=O) groups excluding carboxylic acids is 2. The molecule has 1 atom stereocenters. The molecular weight excluding hydrogens is 378 g/mol. The van der Waals surface area contributed by atoms with E-state index in [4.69, 9.17) is 9.47 Å². The third kappa shape index (κ3) is 3.68. The maximum atomic E-state index is 11.7. The van der Waals surface area contributed by atoms with Crippen LogP contribution < -0.4 is 14.8 Å². The summed E-state index contributed by atoms with van der Waals surface area (Å²) in [7, 11) is 3.02. The lowest BCUT2D eigenvalue weighted by Crippen LogP contribution is -2.21. The molecule has 1 fully saturated rings. The predicted molar refractivity (Wildman–Crippen MR) is 108 cm³/mol. The van der Waals surface area contributed by atoms with Gasteiger partial charge >= 0.3 is 5.24 Å². The fourth-order valence-corrected chi connectivity index (χ4v) is 4.67. The minimum absolute atomic E-state index is 0.163. The fourth-order valence-electron chi connectivity index (χ4n) is 3.07. The normalized spacial score (nSPS) is 16.4. The van der Waals surface area contributed by atoms with Gasteiger partial charge < -0.3 is 14.0 Å². The SMILES string of the molecule is COc1ccc2nc(COc3ccc(C[S+]4CC(=O)NC4=O)cc3)n(C)c2c1. The van der Waals surface area contributed by atoms with E-state index < -0.39 is 10.9 Å². The zero-order chi connectivity index (χ0) is 19.7. The number of ether oxygens (including phenoxy) is 2. The first kappa shape index (κ1) is 18.4. The molecule has 1 N–H and O–H groups in total.